The van der Waals surface area contributed by atoms with Crippen LogP contribution in [-0.2, 0) is 28.7 Å². The van der Waals surface area contributed by atoms with Crippen molar-refractivity contribution in [2.24, 2.45) is 17.8 Å². The number of likely N-dealkylation sites (tertiary alicyclic amines) is 1. The zero-order valence-corrected chi connectivity index (χ0v) is 32.1. The molecule has 3 aliphatic rings. The average molecular weight is 759 g/mol. The zero-order valence-electron chi connectivity index (χ0n) is 30.5. The summed E-state index contributed by atoms with van der Waals surface area (Å²) in [6.07, 6.45) is 5.05. The van der Waals surface area contributed by atoms with Gasteiger partial charge in [-0.2, -0.15) is 0 Å². The third-order valence-corrected chi connectivity index (χ3v) is 11.6. The van der Waals surface area contributed by atoms with E-state index in [1.54, 1.807) is 29.0 Å². The Balaban J connectivity index is 1.77. The van der Waals surface area contributed by atoms with Crippen LogP contribution in [0.1, 0.15) is 84.8 Å². The van der Waals surface area contributed by atoms with E-state index in [2.05, 4.69) is 36.0 Å². The highest BCUT2D eigenvalue weighted by molar-refractivity contribution is 9.09. The topological polar surface area (TPSA) is 117 Å². The van der Waals surface area contributed by atoms with E-state index < -0.39 is 53.7 Å². The van der Waals surface area contributed by atoms with Gasteiger partial charge in [-0.3, -0.25) is 19.2 Å². The van der Waals surface area contributed by atoms with Gasteiger partial charge in [0.1, 0.15) is 17.7 Å². The van der Waals surface area contributed by atoms with Gasteiger partial charge in [-0.15, -0.1) is 13.2 Å². The lowest BCUT2D eigenvalue weighted by atomic mass is 9.70. The smallest absolute Gasteiger partial charge is 0.313 e. The summed E-state index contributed by atoms with van der Waals surface area (Å²) in [6, 6.07) is 6.90. The van der Waals surface area contributed by atoms with Crippen molar-refractivity contribution < 1.29 is 33.8 Å². The number of hydrogen-bond donors (Lipinski definition) is 1. The molecule has 276 valence electrons. The highest BCUT2D eigenvalue weighted by Gasteiger charge is 2.77. The van der Waals surface area contributed by atoms with E-state index in [9.17, 15) is 24.3 Å². The Morgan fingerprint density at radius 2 is 1.84 bits per heavy atom. The second-order valence-electron chi connectivity index (χ2n) is 14.6. The van der Waals surface area contributed by atoms with Gasteiger partial charge < -0.3 is 29.3 Å². The van der Waals surface area contributed by atoms with Crippen LogP contribution in [0.15, 0.2) is 55.6 Å². The Morgan fingerprint density at radius 1 is 1.16 bits per heavy atom. The lowest BCUT2D eigenvalue weighted by Crippen LogP contribution is -2.60. The summed E-state index contributed by atoms with van der Waals surface area (Å²) in [7, 11) is 1.69. The van der Waals surface area contributed by atoms with Gasteiger partial charge in [-0.25, -0.2) is 0 Å². The number of fused-ring (bicyclic) bond motifs is 1. The lowest BCUT2D eigenvalue weighted by Gasteiger charge is -2.41. The molecule has 1 aromatic rings. The number of allylic oxidation sites excluding steroid dienone is 1. The quantitative estimate of drug-likeness (QED) is 0.120. The summed E-state index contributed by atoms with van der Waals surface area (Å²) >= 11 is 3.76. The molecule has 0 aromatic heterocycles. The fraction of sp³-hybridized carbons (Fsp3) is 0.641. The van der Waals surface area contributed by atoms with Gasteiger partial charge in [-0.1, -0.05) is 85.6 Å². The molecule has 10 atom stereocenters. The number of aliphatic hydroxyl groups excluding tert-OH is 1. The van der Waals surface area contributed by atoms with E-state index in [1.807, 2.05) is 58.0 Å². The minimum atomic E-state index is -1.31. The van der Waals surface area contributed by atoms with E-state index >= 15 is 0 Å². The molecule has 11 heteroatoms. The van der Waals surface area contributed by atoms with Gasteiger partial charge in [0.25, 0.3) is 0 Å². The van der Waals surface area contributed by atoms with Crippen molar-refractivity contribution >= 4 is 39.6 Å². The molecule has 1 aromatic carbocycles. The highest BCUT2D eigenvalue weighted by Crippen LogP contribution is 2.61. The summed E-state index contributed by atoms with van der Waals surface area (Å²) in [4.78, 5) is 61.8. The largest absolute Gasteiger partial charge is 0.455 e. The van der Waals surface area contributed by atoms with Crippen molar-refractivity contribution in [1.29, 1.82) is 0 Å². The molecule has 50 heavy (non-hydrogen) atoms. The molecule has 1 spiro atoms. The van der Waals surface area contributed by atoms with Gasteiger partial charge in [-0.05, 0) is 51.0 Å². The predicted molar refractivity (Wildman–Crippen MR) is 196 cm³/mol. The first kappa shape index (κ1) is 39.8. The Bertz CT molecular complexity index is 1390. The molecule has 3 aliphatic heterocycles. The van der Waals surface area contributed by atoms with Crippen LogP contribution >= 0.6 is 15.9 Å². The van der Waals surface area contributed by atoms with Crippen LogP contribution in [0.25, 0.3) is 0 Å². The first-order chi connectivity index (χ1) is 23.8. The van der Waals surface area contributed by atoms with Crippen LogP contribution in [0.5, 0.6) is 0 Å². The van der Waals surface area contributed by atoms with Crippen LogP contribution in [0, 0.1) is 17.8 Å². The van der Waals surface area contributed by atoms with Gasteiger partial charge in [0.2, 0.25) is 17.7 Å². The molecule has 3 fully saturated rings. The number of aliphatic hydroxyl groups is 1. The summed E-state index contributed by atoms with van der Waals surface area (Å²) in [5.74, 6) is -3.26. The Labute approximate surface area is 306 Å². The van der Waals surface area contributed by atoms with E-state index in [1.165, 1.54) is 4.90 Å². The molecule has 1 N–H and O–H groups in total. The lowest BCUT2D eigenvalue weighted by molar-refractivity contribution is -0.165. The van der Waals surface area contributed by atoms with Crippen LogP contribution < -0.4 is 0 Å². The summed E-state index contributed by atoms with van der Waals surface area (Å²) in [5.41, 5.74) is -0.599. The molecule has 0 radical (unpaired) electrons. The molecular formula is C39H56BrN3O7. The van der Waals surface area contributed by atoms with Crippen molar-refractivity contribution in [2.75, 3.05) is 20.2 Å². The van der Waals surface area contributed by atoms with E-state index in [-0.39, 0.29) is 54.1 Å². The molecule has 4 rings (SSSR count). The summed E-state index contributed by atoms with van der Waals surface area (Å²) in [6.45, 7) is 17.5. The minimum absolute atomic E-state index is 0.110. The molecule has 0 aliphatic carbocycles. The Morgan fingerprint density at radius 3 is 2.42 bits per heavy atom. The third-order valence-electron chi connectivity index (χ3n) is 10.8. The van der Waals surface area contributed by atoms with E-state index in [4.69, 9.17) is 9.47 Å². The van der Waals surface area contributed by atoms with Crippen LogP contribution in [-0.4, -0.2) is 104 Å². The number of halogens is 1. The van der Waals surface area contributed by atoms with Crippen molar-refractivity contribution in [1.82, 2.24) is 14.7 Å². The monoisotopic (exact) mass is 757 g/mol. The maximum absolute atomic E-state index is 14.8. The third kappa shape index (κ3) is 7.60. The number of benzene rings is 1. The summed E-state index contributed by atoms with van der Waals surface area (Å²) in [5, 5.41) is 10.7. The maximum Gasteiger partial charge on any atom is 0.313 e. The van der Waals surface area contributed by atoms with Crippen LogP contribution in [0.2, 0.25) is 0 Å². The Hall–Kier alpha value is -3.02. The number of esters is 1. The average Bonchev–Trinajstić information content (AvgIpc) is 3.69. The first-order valence-electron chi connectivity index (χ1n) is 18.1. The molecule has 2 unspecified atom stereocenters. The zero-order chi connectivity index (χ0) is 36.9. The number of hydrogen-bond acceptors (Lipinski definition) is 7. The molecule has 3 saturated heterocycles. The molecule has 3 heterocycles. The van der Waals surface area contributed by atoms with E-state index in [0.29, 0.717) is 24.8 Å². The second kappa shape index (κ2) is 17.0. The maximum atomic E-state index is 14.8. The van der Waals surface area contributed by atoms with Gasteiger partial charge in [0, 0.05) is 30.9 Å². The first-order valence-corrected chi connectivity index (χ1v) is 19.0. The number of rotatable bonds is 18. The number of nitrogens with zero attached hydrogens (tertiary/aromatic N) is 3. The predicted octanol–water partition coefficient (Wildman–Crippen LogP) is 5.44. The normalized spacial score (nSPS) is 27.7. The standard InChI is InChI=1S/C39H56BrN3O7/c1-9-12-19-30(45)41(8)26(7)33(27-17-14-13-15-18-27)49-38(48)31-32-36(46)43(28(23-44)21-24(4)5)35(39(32)22-29(40)34(31)50-39)37(47)42(20-11-3)25(6)16-10-2/h9,11,13-15,17-18,24-26,28-29,31-35,44H,1,3,10,12,16,19-23H2,2,4-8H3/t25?,26-,28+,29?,31-,32+,33+,34-,35-,39+/m0/s1. The van der Waals surface area contributed by atoms with Gasteiger partial charge in [0.15, 0.2) is 0 Å². The summed E-state index contributed by atoms with van der Waals surface area (Å²) < 4.78 is 13.1. The van der Waals surface area contributed by atoms with Gasteiger partial charge in [0.05, 0.1) is 36.6 Å². The van der Waals surface area contributed by atoms with Gasteiger partial charge >= 0.3 is 5.97 Å². The number of likely N-dealkylation sites (N-methyl/N-ethyl adjacent to an activating group) is 1. The fourth-order valence-electron chi connectivity index (χ4n) is 8.31. The molecular weight excluding hydrogens is 702 g/mol. The molecule has 0 saturated carbocycles. The number of alkyl halides is 1. The minimum Gasteiger partial charge on any atom is -0.455 e. The highest BCUT2D eigenvalue weighted by atomic mass is 79.9. The molecule has 3 amide bonds. The van der Waals surface area contributed by atoms with Crippen molar-refractivity contribution in [3.63, 3.8) is 0 Å². The number of ether oxygens (including phenoxy) is 2. The van der Waals surface area contributed by atoms with Crippen LogP contribution in [0.4, 0.5) is 0 Å². The van der Waals surface area contributed by atoms with Crippen LogP contribution in [0.3, 0.4) is 0 Å². The fourth-order valence-corrected chi connectivity index (χ4v) is 9.25. The van der Waals surface area contributed by atoms with E-state index in [0.717, 1.165) is 12.8 Å². The van der Waals surface area contributed by atoms with Crippen molar-refractivity contribution in [3.05, 3.63) is 61.2 Å². The van der Waals surface area contributed by atoms with Crippen molar-refractivity contribution in [3.8, 4) is 0 Å². The molecule has 10 nitrogen and oxygen atoms in total. The number of amides is 3. The second-order valence-corrected chi connectivity index (χ2v) is 15.8. The van der Waals surface area contributed by atoms with Crippen molar-refractivity contribution in [2.45, 2.75) is 120 Å². The molecule has 2 bridgehead atoms. The number of carbonyl (C=O) groups excluding carboxylic acids is 4. The SMILES string of the molecule is C=CCCC(=O)N(C)[C@@H](C)[C@@H](OC(=O)[C@@H]1[C@H]2O[C@@]3(CC2Br)[C@H](C(=O)N(CC=C)C(C)CCC)N([C@@H](CO)CC(C)C)C(=O)[C@@H]13)c1ccccc1. The Kier molecular flexibility index (Phi) is 13.5. The number of carbonyl (C=O) groups is 4.